The number of nitrogens with zero attached hydrogens (tertiary/aromatic N) is 2. The summed E-state index contributed by atoms with van der Waals surface area (Å²) in [6.45, 7) is 5.36. The molecule has 1 aromatic rings. The molecular weight excluding hydrogens is 276 g/mol. The molecule has 2 N–H and O–H groups in total. The highest BCUT2D eigenvalue weighted by Crippen LogP contribution is 2.23. The number of hydrogen-bond donors (Lipinski definition) is 2. The van der Waals surface area contributed by atoms with Crippen LogP contribution in [0.5, 0.6) is 0 Å². The number of amides is 1. The topological polar surface area (TPSA) is 68.2 Å². The number of halogens is 1. The summed E-state index contributed by atoms with van der Waals surface area (Å²) in [5.74, 6) is -0.108. The summed E-state index contributed by atoms with van der Waals surface area (Å²) in [6, 6.07) is 6.64. The molecule has 1 atom stereocenters. The van der Waals surface area contributed by atoms with Crippen LogP contribution in [0, 0.1) is 11.3 Å². The first kappa shape index (κ1) is 14.8. The van der Waals surface area contributed by atoms with Crippen LogP contribution in [0.15, 0.2) is 18.2 Å². The highest BCUT2D eigenvalue weighted by Gasteiger charge is 2.23. The Morgan fingerprint density at radius 1 is 1.50 bits per heavy atom. The van der Waals surface area contributed by atoms with E-state index in [-0.39, 0.29) is 11.9 Å². The Bertz CT molecular complexity index is 534. The van der Waals surface area contributed by atoms with Gasteiger partial charge in [-0.1, -0.05) is 11.6 Å². The molecular formula is C14H17ClN4O. The van der Waals surface area contributed by atoms with E-state index in [4.69, 9.17) is 16.9 Å². The molecule has 0 aromatic heterocycles. The minimum atomic E-state index is -0.223. The molecule has 1 unspecified atom stereocenters. The normalized spacial score (nSPS) is 17.2. The molecule has 0 spiro atoms. The molecule has 0 bridgehead atoms. The van der Waals surface area contributed by atoms with E-state index in [1.165, 1.54) is 0 Å². The van der Waals surface area contributed by atoms with Crippen molar-refractivity contribution in [1.29, 1.82) is 5.26 Å². The average Bonchev–Trinajstić information content (AvgIpc) is 2.49. The minimum absolute atomic E-state index is 0.108. The van der Waals surface area contributed by atoms with Gasteiger partial charge in [-0.15, -0.1) is 0 Å². The van der Waals surface area contributed by atoms with Gasteiger partial charge in [-0.3, -0.25) is 9.69 Å². The van der Waals surface area contributed by atoms with Gasteiger partial charge < -0.3 is 10.6 Å². The van der Waals surface area contributed by atoms with Crippen LogP contribution in [0.3, 0.4) is 0 Å². The molecule has 1 fully saturated rings. The number of hydrogen-bond acceptors (Lipinski definition) is 4. The van der Waals surface area contributed by atoms with Crippen molar-refractivity contribution in [2.75, 3.05) is 31.5 Å². The molecule has 0 aliphatic carbocycles. The van der Waals surface area contributed by atoms with Crippen LogP contribution in [0.1, 0.15) is 12.5 Å². The van der Waals surface area contributed by atoms with E-state index in [2.05, 4.69) is 15.5 Å². The fraction of sp³-hybridized carbons (Fsp3) is 0.429. The van der Waals surface area contributed by atoms with E-state index in [0.29, 0.717) is 16.3 Å². The zero-order valence-corrected chi connectivity index (χ0v) is 12.1. The second kappa shape index (κ2) is 6.71. The van der Waals surface area contributed by atoms with Crippen molar-refractivity contribution in [3.63, 3.8) is 0 Å². The van der Waals surface area contributed by atoms with Crippen LogP contribution in [0.25, 0.3) is 0 Å². The third-order valence-electron chi connectivity index (χ3n) is 3.43. The van der Waals surface area contributed by atoms with Crippen molar-refractivity contribution in [3.8, 4) is 6.07 Å². The highest BCUT2D eigenvalue weighted by atomic mass is 35.5. The number of piperazine rings is 1. The smallest absolute Gasteiger partial charge is 0.241 e. The maximum Gasteiger partial charge on any atom is 0.241 e. The van der Waals surface area contributed by atoms with Gasteiger partial charge in [-0.25, -0.2) is 0 Å². The summed E-state index contributed by atoms with van der Waals surface area (Å²) >= 11 is 6.04. The third kappa shape index (κ3) is 3.48. The number of anilines is 1. The predicted molar refractivity (Wildman–Crippen MR) is 78.7 cm³/mol. The largest absolute Gasteiger partial charge is 0.323 e. The van der Waals surface area contributed by atoms with E-state index in [0.717, 1.165) is 26.2 Å². The first-order chi connectivity index (χ1) is 9.61. The molecule has 0 radical (unpaired) electrons. The molecule has 1 aromatic carbocycles. The lowest BCUT2D eigenvalue weighted by Crippen LogP contribution is -2.51. The van der Waals surface area contributed by atoms with Crippen LogP contribution in [-0.4, -0.2) is 43.0 Å². The number of rotatable bonds is 3. The van der Waals surface area contributed by atoms with E-state index >= 15 is 0 Å². The number of carbonyl (C=O) groups is 1. The first-order valence-corrected chi connectivity index (χ1v) is 6.95. The number of nitrogens with one attached hydrogen (secondary N) is 2. The summed E-state index contributed by atoms with van der Waals surface area (Å²) in [7, 11) is 0. The lowest BCUT2D eigenvalue weighted by atomic mass is 10.2. The van der Waals surface area contributed by atoms with E-state index < -0.39 is 0 Å². The molecule has 1 aliphatic heterocycles. The summed E-state index contributed by atoms with van der Waals surface area (Å²) in [5, 5.41) is 15.4. The first-order valence-electron chi connectivity index (χ1n) is 6.57. The Kier molecular flexibility index (Phi) is 4.96. The molecule has 1 amide bonds. The van der Waals surface area contributed by atoms with Crippen LogP contribution < -0.4 is 10.6 Å². The third-order valence-corrected chi connectivity index (χ3v) is 3.76. The van der Waals surface area contributed by atoms with Crippen LogP contribution in [0.4, 0.5) is 5.69 Å². The minimum Gasteiger partial charge on any atom is -0.323 e. The van der Waals surface area contributed by atoms with Crippen molar-refractivity contribution >= 4 is 23.2 Å². The Balaban J connectivity index is 2.05. The second-order valence-corrected chi connectivity index (χ2v) is 5.16. The van der Waals surface area contributed by atoms with Crippen molar-refractivity contribution < 1.29 is 4.79 Å². The van der Waals surface area contributed by atoms with Gasteiger partial charge in [0.2, 0.25) is 5.91 Å². The zero-order valence-electron chi connectivity index (χ0n) is 11.3. The summed E-state index contributed by atoms with van der Waals surface area (Å²) in [4.78, 5) is 14.4. The Morgan fingerprint density at radius 2 is 2.20 bits per heavy atom. The lowest BCUT2D eigenvalue weighted by molar-refractivity contribution is -0.120. The average molecular weight is 293 g/mol. The van der Waals surface area contributed by atoms with Crippen molar-refractivity contribution in [2.24, 2.45) is 0 Å². The lowest BCUT2D eigenvalue weighted by Gasteiger charge is -2.31. The molecule has 0 saturated carbocycles. The molecule has 20 heavy (non-hydrogen) atoms. The maximum absolute atomic E-state index is 12.2. The molecule has 1 heterocycles. The standard InChI is InChI=1S/C14H17ClN4O/c1-10(19-6-4-17-5-7-19)14(20)18-13-8-11(9-16)2-3-12(13)15/h2-3,8,10,17H,4-7H2,1H3,(H,18,20). The SMILES string of the molecule is CC(C(=O)Nc1cc(C#N)ccc1Cl)N1CCNCC1. The summed E-state index contributed by atoms with van der Waals surface area (Å²) in [5.41, 5.74) is 0.956. The summed E-state index contributed by atoms with van der Waals surface area (Å²) < 4.78 is 0. The van der Waals surface area contributed by atoms with Crippen molar-refractivity contribution in [2.45, 2.75) is 13.0 Å². The van der Waals surface area contributed by atoms with Gasteiger partial charge in [0.25, 0.3) is 0 Å². The van der Waals surface area contributed by atoms with Gasteiger partial charge in [0.05, 0.1) is 28.4 Å². The van der Waals surface area contributed by atoms with Gasteiger partial charge in [0.15, 0.2) is 0 Å². The molecule has 6 heteroatoms. The monoisotopic (exact) mass is 292 g/mol. The fourth-order valence-corrected chi connectivity index (χ4v) is 2.33. The molecule has 1 saturated heterocycles. The van der Waals surface area contributed by atoms with Gasteiger partial charge in [0.1, 0.15) is 0 Å². The number of benzene rings is 1. The van der Waals surface area contributed by atoms with Gasteiger partial charge in [-0.05, 0) is 25.1 Å². The van der Waals surface area contributed by atoms with E-state index in [1.54, 1.807) is 18.2 Å². The van der Waals surface area contributed by atoms with E-state index in [9.17, 15) is 4.79 Å². The summed E-state index contributed by atoms with van der Waals surface area (Å²) in [6.07, 6.45) is 0. The Labute approximate surface area is 123 Å². The van der Waals surface area contributed by atoms with E-state index in [1.807, 2.05) is 13.0 Å². The van der Waals surface area contributed by atoms with Crippen molar-refractivity contribution in [1.82, 2.24) is 10.2 Å². The zero-order chi connectivity index (χ0) is 14.5. The predicted octanol–water partition coefficient (Wildman–Crippen LogP) is 1.44. The van der Waals surface area contributed by atoms with Crippen LogP contribution in [-0.2, 0) is 4.79 Å². The molecule has 5 nitrogen and oxygen atoms in total. The molecule has 2 rings (SSSR count). The Hall–Kier alpha value is -1.61. The number of carbonyl (C=O) groups excluding carboxylic acids is 1. The fourth-order valence-electron chi connectivity index (χ4n) is 2.16. The van der Waals surface area contributed by atoms with Crippen molar-refractivity contribution in [3.05, 3.63) is 28.8 Å². The molecule has 106 valence electrons. The van der Waals surface area contributed by atoms with Crippen LogP contribution >= 0.6 is 11.6 Å². The highest BCUT2D eigenvalue weighted by molar-refractivity contribution is 6.33. The van der Waals surface area contributed by atoms with Gasteiger partial charge >= 0.3 is 0 Å². The quantitative estimate of drug-likeness (QED) is 0.885. The van der Waals surface area contributed by atoms with Gasteiger partial charge in [-0.2, -0.15) is 5.26 Å². The molecule has 1 aliphatic rings. The Morgan fingerprint density at radius 3 is 2.85 bits per heavy atom. The van der Waals surface area contributed by atoms with Crippen LogP contribution in [0.2, 0.25) is 5.02 Å². The number of nitriles is 1. The maximum atomic E-state index is 12.2. The second-order valence-electron chi connectivity index (χ2n) is 4.76. The van der Waals surface area contributed by atoms with Gasteiger partial charge in [0, 0.05) is 26.2 Å².